The van der Waals surface area contributed by atoms with Crippen molar-refractivity contribution in [3.8, 4) is 0 Å². The summed E-state index contributed by atoms with van der Waals surface area (Å²) in [5.41, 5.74) is 3.50. The van der Waals surface area contributed by atoms with Gasteiger partial charge in [-0.05, 0) is 43.2 Å². The Morgan fingerprint density at radius 2 is 2.20 bits per heavy atom. The molecule has 1 aromatic heterocycles. The average Bonchev–Trinajstić information content (AvgIpc) is 2.63. The molecule has 0 spiro atoms. The van der Waals surface area contributed by atoms with Crippen molar-refractivity contribution in [1.29, 1.82) is 0 Å². The molecule has 1 atom stereocenters. The predicted molar refractivity (Wildman–Crippen MR) is 101 cm³/mol. The first-order chi connectivity index (χ1) is 12.1. The lowest BCUT2D eigenvalue weighted by Crippen LogP contribution is -2.35. The Hall–Kier alpha value is -2.43. The summed E-state index contributed by atoms with van der Waals surface area (Å²) < 4.78 is 0. The molecular formula is C20H26N4O. The van der Waals surface area contributed by atoms with Crippen LogP contribution in [0.25, 0.3) is 0 Å². The van der Waals surface area contributed by atoms with E-state index in [1.807, 2.05) is 25.1 Å². The molecule has 0 radical (unpaired) electrons. The number of carbonyl (C=O) groups excluding carboxylic acids is 1. The lowest BCUT2D eigenvalue weighted by atomic mass is 10.0. The molecule has 0 saturated carbocycles. The van der Waals surface area contributed by atoms with Crippen molar-refractivity contribution in [2.45, 2.75) is 40.0 Å². The van der Waals surface area contributed by atoms with Gasteiger partial charge in [0.1, 0.15) is 17.8 Å². The van der Waals surface area contributed by atoms with Gasteiger partial charge in [0.05, 0.1) is 0 Å². The molecule has 1 fully saturated rings. The molecule has 5 heteroatoms. The molecule has 1 amide bonds. The summed E-state index contributed by atoms with van der Waals surface area (Å²) in [5.74, 6) is 1.31. The molecule has 1 N–H and O–H groups in total. The van der Waals surface area contributed by atoms with E-state index in [4.69, 9.17) is 0 Å². The van der Waals surface area contributed by atoms with Gasteiger partial charge >= 0.3 is 0 Å². The number of para-hydroxylation sites is 1. The Morgan fingerprint density at radius 3 is 2.96 bits per heavy atom. The number of hydrogen-bond acceptors (Lipinski definition) is 4. The SMILES string of the molecule is CCc1cccc(C)c1NC(=O)c1cc(N2CCCC(C)C2)ncn1. The van der Waals surface area contributed by atoms with Crippen LogP contribution < -0.4 is 10.2 Å². The second kappa shape index (κ2) is 7.64. The second-order valence-corrected chi connectivity index (χ2v) is 6.87. The van der Waals surface area contributed by atoms with Crippen LogP contribution in [0.2, 0.25) is 0 Å². The summed E-state index contributed by atoms with van der Waals surface area (Å²) >= 11 is 0. The molecule has 25 heavy (non-hydrogen) atoms. The number of nitrogens with zero attached hydrogens (tertiary/aromatic N) is 3. The number of aromatic nitrogens is 2. The summed E-state index contributed by atoms with van der Waals surface area (Å²) in [5, 5.41) is 3.04. The van der Waals surface area contributed by atoms with Crippen LogP contribution in [0, 0.1) is 12.8 Å². The molecule has 5 nitrogen and oxygen atoms in total. The first kappa shape index (κ1) is 17.4. The van der Waals surface area contributed by atoms with Crippen molar-refractivity contribution >= 4 is 17.4 Å². The zero-order valence-electron chi connectivity index (χ0n) is 15.2. The van der Waals surface area contributed by atoms with Gasteiger partial charge in [-0.1, -0.05) is 32.0 Å². The fourth-order valence-corrected chi connectivity index (χ4v) is 3.42. The highest BCUT2D eigenvalue weighted by Crippen LogP contribution is 2.23. The van der Waals surface area contributed by atoms with Crippen molar-refractivity contribution < 1.29 is 4.79 Å². The highest BCUT2D eigenvalue weighted by Gasteiger charge is 2.19. The molecular weight excluding hydrogens is 312 g/mol. The quantitative estimate of drug-likeness (QED) is 0.920. The minimum atomic E-state index is -0.183. The third kappa shape index (κ3) is 3.98. The van der Waals surface area contributed by atoms with Gasteiger partial charge in [0, 0.05) is 24.8 Å². The molecule has 1 aromatic carbocycles. The maximum Gasteiger partial charge on any atom is 0.274 e. The molecule has 0 aliphatic carbocycles. The van der Waals surface area contributed by atoms with Gasteiger partial charge in [-0.3, -0.25) is 4.79 Å². The molecule has 2 heterocycles. The number of hydrogen-bond donors (Lipinski definition) is 1. The Balaban J connectivity index is 1.80. The fraction of sp³-hybridized carbons (Fsp3) is 0.450. The van der Waals surface area contributed by atoms with Crippen LogP contribution in [0.5, 0.6) is 0 Å². The zero-order chi connectivity index (χ0) is 17.8. The third-order valence-electron chi connectivity index (χ3n) is 4.84. The van der Waals surface area contributed by atoms with Gasteiger partial charge in [-0.25, -0.2) is 9.97 Å². The van der Waals surface area contributed by atoms with E-state index in [0.717, 1.165) is 48.6 Å². The van der Waals surface area contributed by atoms with Crippen LogP contribution in [-0.2, 0) is 6.42 Å². The molecule has 2 aromatic rings. The molecule has 1 aliphatic rings. The van der Waals surface area contributed by atoms with Crippen molar-refractivity contribution in [2.75, 3.05) is 23.3 Å². The Labute approximate surface area is 149 Å². The largest absolute Gasteiger partial charge is 0.356 e. The highest BCUT2D eigenvalue weighted by molar-refractivity contribution is 6.04. The Morgan fingerprint density at radius 1 is 1.36 bits per heavy atom. The van der Waals surface area contributed by atoms with Crippen molar-refractivity contribution in [3.05, 3.63) is 47.4 Å². The van der Waals surface area contributed by atoms with Gasteiger partial charge in [0.25, 0.3) is 5.91 Å². The predicted octanol–water partition coefficient (Wildman–Crippen LogP) is 3.84. The van der Waals surface area contributed by atoms with Crippen LogP contribution in [0.1, 0.15) is 48.3 Å². The summed E-state index contributed by atoms with van der Waals surface area (Å²) in [4.78, 5) is 23.5. The maximum absolute atomic E-state index is 12.7. The highest BCUT2D eigenvalue weighted by atomic mass is 16.1. The van der Waals surface area contributed by atoms with Crippen LogP contribution in [0.4, 0.5) is 11.5 Å². The Bertz CT molecular complexity index is 759. The molecule has 0 bridgehead atoms. The minimum Gasteiger partial charge on any atom is -0.356 e. The van der Waals surface area contributed by atoms with Gasteiger partial charge in [0.15, 0.2) is 0 Å². The Kier molecular flexibility index (Phi) is 5.31. The van der Waals surface area contributed by atoms with Crippen LogP contribution in [0.15, 0.2) is 30.6 Å². The summed E-state index contributed by atoms with van der Waals surface area (Å²) in [6.45, 7) is 8.32. The average molecular weight is 338 g/mol. The van der Waals surface area contributed by atoms with E-state index in [2.05, 4.69) is 34.0 Å². The smallest absolute Gasteiger partial charge is 0.274 e. The molecule has 1 saturated heterocycles. The standard InChI is InChI=1S/C20H26N4O/c1-4-16-9-5-8-15(3)19(16)23-20(25)17-11-18(22-13-21-17)24-10-6-7-14(2)12-24/h5,8-9,11,13-14H,4,6-7,10,12H2,1-3H3,(H,23,25). The van der Waals surface area contributed by atoms with Crippen LogP contribution >= 0.6 is 0 Å². The number of amides is 1. The van der Waals surface area contributed by atoms with Crippen molar-refractivity contribution in [2.24, 2.45) is 5.92 Å². The fourth-order valence-electron chi connectivity index (χ4n) is 3.42. The number of benzene rings is 1. The van der Waals surface area contributed by atoms with Crippen molar-refractivity contribution in [3.63, 3.8) is 0 Å². The lowest BCUT2D eigenvalue weighted by Gasteiger charge is -2.31. The van der Waals surface area contributed by atoms with Gasteiger partial charge in [0.2, 0.25) is 0 Å². The first-order valence-electron chi connectivity index (χ1n) is 9.05. The van der Waals surface area contributed by atoms with E-state index in [1.54, 1.807) is 6.07 Å². The maximum atomic E-state index is 12.7. The molecule has 1 aliphatic heterocycles. The third-order valence-corrected chi connectivity index (χ3v) is 4.84. The minimum absolute atomic E-state index is 0.183. The number of anilines is 2. The molecule has 1 unspecified atom stereocenters. The topological polar surface area (TPSA) is 58.1 Å². The van der Waals surface area contributed by atoms with E-state index in [0.29, 0.717) is 11.6 Å². The number of aryl methyl sites for hydroxylation is 2. The monoisotopic (exact) mass is 338 g/mol. The summed E-state index contributed by atoms with van der Waals surface area (Å²) in [6.07, 6.45) is 4.78. The number of piperidine rings is 1. The normalized spacial score (nSPS) is 17.4. The molecule has 3 rings (SSSR count). The number of nitrogens with one attached hydrogen (secondary N) is 1. The number of carbonyl (C=O) groups is 1. The van der Waals surface area contributed by atoms with Crippen molar-refractivity contribution in [1.82, 2.24) is 9.97 Å². The van der Waals surface area contributed by atoms with E-state index in [-0.39, 0.29) is 5.91 Å². The second-order valence-electron chi connectivity index (χ2n) is 6.87. The zero-order valence-corrected chi connectivity index (χ0v) is 15.2. The summed E-state index contributed by atoms with van der Waals surface area (Å²) in [7, 11) is 0. The number of rotatable bonds is 4. The molecule has 132 valence electrons. The first-order valence-corrected chi connectivity index (χ1v) is 9.05. The van der Waals surface area contributed by atoms with E-state index < -0.39 is 0 Å². The van der Waals surface area contributed by atoms with E-state index in [1.165, 1.54) is 12.7 Å². The van der Waals surface area contributed by atoms with Crippen LogP contribution in [0.3, 0.4) is 0 Å². The van der Waals surface area contributed by atoms with E-state index >= 15 is 0 Å². The summed E-state index contributed by atoms with van der Waals surface area (Å²) in [6, 6.07) is 7.87. The lowest BCUT2D eigenvalue weighted by molar-refractivity contribution is 0.102. The van der Waals surface area contributed by atoms with Gasteiger partial charge in [-0.15, -0.1) is 0 Å². The van der Waals surface area contributed by atoms with Crippen LogP contribution in [-0.4, -0.2) is 29.0 Å². The van der Waals surface area contributed by atoms with E-state index in [9.17, 15) is 4.79 Å². The van der Waals surface area contributed by atoms with Gasteiger partial charge < -0.3 is 10.2 Å². The van der Waals surface area contributed by atoms with Gasteiger partial charge in [-0.2, -0.15) is 0 Å².